The van der Waals surface area contributed by atoms with E-state index in [0.717, 1.165) is 26.7 Å². The Hall–Kier alpha value is -1.65. The summed E-state index contributed by atoms with van der Waals surface area (Å²) in [6.45, 7) is 0.664. The number of rotatable bonds is 5. The fraction of sp³-hybridized carbons (Fsp3) is 0.188. The number of benzene rings is 2. The number of nitrogens with two attached hydrogens (primary N) is 1. The standard InChI is InChI=1S/C16H18ClN3S/c1-20(10-11-6-3-4-7-12(11)17)13-8-5-9-14(21-2)15(13)16(18)19/h3-9H,10H2,1-2H3,(H3,18,19). The van der Waals surface area contributed by atoms with Crippen LogP contribution in [-0.4, -0.2) is 19.1 Å². The Morgan fingerprint density at radius 1 is 1.24 bits per heavy atom. The first-order valence-electron chi connectivity index (χ1n) is 6.50. The summed E-state index contributed by atoms with van der Waals surface area (Å²) in [7, 11) is 1.98. The molecular formula is C16H18ClN3S. The number of hydrogen-bond acceptors (Lipinski definition) is 3. The second-order valence-corrected chi connectivity index (χ2v) is 5.97. The molecule has 110 valence electrons. The maximum absolute atomic E-state index is 7.85. The number of nitrogens with one attached hydrogen (secondary N) is 1. The Morgan fingerprint density at radius 2 is 1.95 bits per heavy atom. The molecule has 0 aliphatic carbocycles. The van der Waals surface area contributed by atoms with E-state index in [-0.39, 0.29) is 5.84 Å². The lowest BCUT2D eigenvalue weighted by Gasteiger charge is -2.24. The van der Waals surface area contributed by atoms with Crippen LogP contribution in [0.5, 0.6) is 0 Å². The molecule has 0 unspecified atom stereocenters. The van der Waals surface area contributed by atoms with Crippen LogP contribution in [0.3, 0.4) is 0 Å². The van der Waals surface area contributed by atoms with E-state index in [9.17, 15) is 0 Å². The van der Waals surface area contributed by atoms with Crippen LogP contribution in [0.15, 0.2) is 47.4 Å². The highest BCUT2D eigenvalue weighted by molar-refractivity contribution is 7.98. The van der Waals surface area contributed by atoms with Gasteiger partial charge in [-0.15, -0.1) is 11.8 Å². The van der Waals surface area contributed by atoms with Crippen molar-refractivity contribution in [2.24, 2.45) is 5.73 Å². The van der Waals surface area contributed by atoms with Gasteiger partial charge in [0.1, 0.15) is 5.84 Å². The number of thioether (sulfide) groups is 1. The second kappa shape index (κ2) is 6.87. The first-order chi connectivity index (χ1) is 10.0. The van der Waals surface area contributed by atoms with Crippen LogP contribution in [0, 0.1) is 5.41 Å². The summed E-state index contributed by atoms with van der Waals surface area (Å²) in [5.41, 5.74) is 8.53. The maximum atomic E-state index is 7.85. The summed E-state index contributed by atoms with van der Waals surface area (Å²) < 4.78 is 0. The zero-order valence-corrected chi connectivity index (χ0v) is 13.6. The molecule has 3 N–H and O–H groups in total. The van der Waals surface area contributed by atoms with Gasteiger partial charge in [0.25, 0.3) is 0 Å². The van der Waals surface area contributed by atoms with Crippen molar-refractivity contribution in [2.45, 2.75) is 11.4 Å². The summed E-state index contributed by atoms with van der Waals surface area (Å²) in [6.07, 6.45) is 1.99. The SMILES string of the molecule is CSc1cccc(N(C)Cc2ccccc2Cl)c1C(=N)N. The van der Waals surface area contributed by atoms with Gasteiger partial charge in [-0.05, 0) is 30.0 Å². The third-order valence-electron chi connectivity index (χ3n) is 3.27. The monoisotopic (exact) mass is 319 g/mol. The minimum absolute atomic E-state index is 0.0842. The molecule has 2 rings (SSSR count). The molecule has 0 bridgehead atoms. The molecule has 21 heavy (non-hydrogen) atoms. The van der Waals surface area contributed by atoms with Gasteiger partial charge in [-0.1, -0.05) is 35.9 Å². The van der Waals surface area contributed by atoms with Crippen molar-refractivity contribution in [1.82, 2.24) is 0 Å². The molecule has 0 amide bonds. The molecule has 0 aromatic heterocycles. The molecule has 2 aromatic rings. The molecule has 0 aliphatic heterocycles. The first kappa shape index (κ1) is 15.7. The number of anilines is 1. The van der Waals surface area contributed by atoms with Gasteiger partial charge in [-0.2, -0.15) is 0 Å². The smallest absolute Gasteiger partial charge is 0.126 e. The first-order valence-corrected chi connectivity index (χ1v) is 8.10. The summed E-state index contributed by atoms with van der Waals surface area (Å²) in [4.78, 5) is 3.07. The van der Waals surface area contributed by atoms with Gasteiger partial charge in [0.05, 0.1) is 5.56 Å². The molecule has 0 aliphatic rings. The number of nitrogen functional groups attached to an aromatic ring is 1. The van der Waals surface area contributed by atoms with Gasteiger partial charge >= 0.3 is 0 Å². The highest BCUT2D eigenvalue weighted by Gasteiger charge is 2.14. The zero-order valence-electron chi connectivity index (χ0n) is 12.1. The van der Waals surface area contributed by atoms with Crippen molar-refractivity contribution >= 4 is 34.9 Å². The fourth-order valence-corrected chi connectivity index (χ4v) is 3.07. The normalized spacial score (nSPS) is 10.4. The Morgan fingerprint density at radius 3 is 2.57 bits per heavy atom. The maximum Gasteiger partial charge on any atom is 0.126 e. The predicted molar refractivity (Wildman–Crippen MR) is 92.8 cm³/mol. The van der Waals surface area contributed by atoms with Crippen LogP contribution in [-0.2, 0) is 6.54 Å². The van der Waals surface area contributed by atoms with Crippen molar-refractivity contribution in [3.05, 3.63) is 58.6 Å². The Labute approximate surface area is 134 Å². The lowest BCUT2D eigenvalue weighted by atomic mass is 10.1. The lowest BCUT2D eigenvalue weighted by molar-refractivity contribution is 0.918. The third-order valence-corrected chi connectivity index (χ3v) is 4.42. The quantitative estimate of drug-likeness (QED) is 0.498. The van der Waals surface area contributed by atoms with E-state index in [4.69, 9.17) is 22.7 Å². The Balaban J connectivity index is 2.37. The fourth-order valence-electron chi connectivity index (χ4n) is 2.25. The van der Waals surface area contributed by atoms with Gasteiger partial charge in [0, 0.05) is 29.2 Å². The van der Waals surface area contributed by atoms with Crippen molar-refractivity contribution < 1.29 is 0 Å². The second-order valence-electron chi connectivity index (χ2n) is 4.72. The summed E-state index contributed by atoms with van der Waals surface area (Å²) in [6, 6.07) is 13.7. The molecule has 0 atom stereocenters. The Kier molecular flexibility index (Phi) is 5.15. The predicted octanol–water partition coefficient (Wildman–Crippen LogP) is 3.98. The molecule has 0 saturated heterocycles. The summed E-state index contributed by atoms with van der Waals surface area (Å²) >= 11 is 7.81. The van der Waals surface area contributed by atoms with Gasteiger partial charge < -0.3 is 10.6 Å². The number of amidine groups is 1. The average molecular weight is 320 g/mol. The van der Waals surface area contributed by atoms with Crippen LogP contribution in [0.2, 0.25) is 5.02 Å². The average Bonchev–Trinajstić information content (AvgIpc) is 2.48. The van der Waals surface area contributed by atoms with Gasteiger partial charge in [0.2, 0.25) is 0 Å². The molecule has 0 fully saturated rings. The van der Waals surface area contributed by atoms with E-state index in [1.54, 1.807) is 11.8 Å². The molecule has 2 aromatic carbocycles. The van der Waals surface area contributed by atoms with Crippen molar-refractivity contribution in [2.75, 3.05) is 18.2 Å². The molecule has 0 saturated carbocycles. The van der Waals surface area contributed by atoms with Crippen molar-refractivity contribution in [3.63, 3.8) is 0 Å². The highest BCUT2D eigenvalue weighted by Crippen LogP contribution is 2.30. The van der Waals surface area contributed by atoms with Crippen LogP contribution < -0.4 is 10.6 Å². The van der Waals surface area contributed by atoms with E-state index < -0.39 is 0 Å². The zero-order chi connectivity index (χ0) is 15.4. The third kappa shape index (κ3) is 3.52. The highest BCUT2D eigenvalue weighted by atomic mass is 35.5. The van der Waals surface area contributed by atoms with E-state index >= 15 is 0 Å². The molecule has 0 radical (unpaired) electrons. The van der Waals surface area contributed by atoms with Crippen LogP contribution in [0.4, 0.5) is 5.69 Å². The van der Waals surface area contributed by atoms with E-state index in [2.05, 4.69) is 4.90 Å². The lowest BCUT2D eigenvalue weighted by Crippen LogP contribution is -2.22. The molecule has 5 heteroatoms. The Bertz CT molecular complexity index is 658. The molecular weight excluding hydrogens is 302 g/mol. The largest absolute Gasteiger partial charge is 0.384 e. The van der Waals surface area contributed by atoms with E-state index in [1.807, 2.05) is 55.8 Å². The minimum Gasteiger partial charge on any atom is -0.384 e. The molecule has 0 heterocycles. The number of nitrogens with zero attached hydrogens (tertiary/aromatic N) is 1. The minimum atomic E-state index is 0.0842. The molecule has 3 nitrogen and oxygen atoms in total. The molecule has 0 spiro atoms. The van der Waals surface area contributed by atoms with Crippen LogP contribution in [0.25, 0.3) is 0 Å². The van der Waals surface area contributed by atoms with E-state index in [1.165, 1.54) is 0 Å². The topological polar surface area (TPSA) is 53.1 Å². The number of hydrogen-bond donors (Lipinski definition) is 2. The van der Waals surface area contributed by atoms with Crippen LogP contribution in [0.1, 0.15) is 11.1 Å². The summed E-state index contributed by atoms with van der Waals surface area (Å²) in [5, 5.41) is 8.59. The summed E-state index contributed by atoms with van der Waals surface area (Å²) in [5.74, 6) is 0.0842. The van der Waals surface area contributed by atoms with Gasteiger partial charge in [-0.3, -0.25) is 5.41 Å². The van der Waals surface area contributed by atoms with Crippen molar-refractivity contribution in [1.29, 1.82) is 5.41 Å². The van der Waals surface area contributed by atoms with Gasteiger partial charge in [0.15, 0.2) is 0 Å². The van der Waals surface area contributed by atoms with Crippen LogP contribution >= 0.6 is 23.4 Å². The number of halogens is 1. The van der Waals surface area contributed by atoms with E-state index in [0.29, 0.717) is 6.54 Å². The van der Waals surface area contributed by atoms with Gasteiger partial charge in [-0.25, -0.2) is 0 Å². The van der Waals surface area contributed by atoms with Crippen molar-refractivity contribution in [3.8, 4) is 0 Å².